The molecule has 0 bridgehead atoms. The number of para-hydroxylation sites is 1. The molecule has 1 atom stereocenters. The minimum absolute atomic E-state index is 0.0542. The van der Waals surface area contributed by atoms with Crippen molar-refractivity contribution in [2.45, 2.75) is 32.0 Å². The third-order valence-electron chi connectivity index (χ3n) is 5.69. The molecule has 1 aliphatic rings. The van der Waals surface area contributed by atoms with Crippen molar-refractivity contribution in [3.63, 3.8) is 0 Å². The summed E-state index contributed by atoms with van der Waals surface area (Å²) in [5.74, 6) is 0.0827. The lowest BCUT2D eigenvalue weighted by molar-refractivity contribution is -0.137. The zero-order valence-corrected chi connectivity index (χ0v) is 17.4. The summed E-state index contributed by atoms with van der Waals surface area (Å²) >= 11 is 0. The minimum Gasteiger partial charge on any atom is -0.497 e. The number of nitrogens with zero attached hydrogens (tertiary/aromatic N) is 1. The van der Waals surface area contributed by atoms with Crippen LogP contribution in [0.2, 0.25) is 0 Å². The number of ether oxygens (including phenoxy) is 1. The Kier molecular flexibility index (Phi) is 7.00. The van der Waals surface area contributed by atoms with Crippen LogP contribution in [0.15, 0.2) is 48.5 Å². The van der Waals surface area contributed by atoms with Gasteiger partial charge in [-0.25, -0.2) is 0 Å². The van der Waals surface area contributed by atoms with Crippen molar-refractivity contribution in [1.29, 1.82) is 0 Å². The van der Waals surface area contributed by atoms with Gasteiger partial charge >= 0.3 is 6.18 Å². The number of nitrogens with one attached hydrogen (secondary N) is 1. The Labute approximate surface area is 179 Å². The van der Waals surface area contributed by atoms with Crippen LogP contribution in [0.3, 0.4) is 0 Å². The molecule has 1 saturated heterocycles. The molecule has 3 rings (SSSR count). The molecule has 1 aliphatic heterocycles. The van der Waals surface area contributed by atoms with Gasteiger partial charge in [0.25, 0.3) is 0 Å². The number of Topliss-reactive ketones (excluding diaryl/α,β-unsaturated/α-hetero) is 1. The summed E-state index contributed by atoms with van der Waals surface area (Å²) < 4.78 is 44.6. The number of hydrogen-bond acceptors (Lipinski definition) is 4. The Morgan fingerprint density at radius 3 is 2.26 bits per heavy atom. The Morgan fingerprint density at radius 2 is 1.68 bits per heavy atom. The van der Waals surface area contributed by atoms with Crippen molar-refractivity contribution in [2.75, 3.05) is 25.5 Å². The second kappa shape index (κ2) is 9.51. The number of rotatable bonds is 6. The van der Waals surface area contributed by atoms with E-state index >= 15 is 0 Å². The zero-order valence-electron chi connectivity index (χ0n) is 17.4. The number of ketones is 1. The maximum Gasteiger partial charge on any atom is 0.418 e. The van der Waals surface area contributed by atoms with Gasteiger partial charge in [0.05, 0.1) is 24.4 Å². The number of methoxy groups -OCH3 is 1. The number of halogens is 3. The molecule has 8 heteroatoms. The number of carbonyl (C=O) groups excluding carboxylic acids is 2. The van der Waals surface area contributed by atoms with E-state index in [0.717, 1.165) is 6.07 Å². The van der Waals surface area contributed by atoms with Crippen molar-refractivity contribution in [2.24, 2.45) is 5.92 Å². The summed E-state index contributed by atoms with van der Waals surface area (Å²) in [7, 11) is 1.56. The number of piperidine rings is 1. The summed E-state index contributed by atoms with van der Waals surface area (Å²) in [6, 6.07) is 11.3. The van der Waals surface area contributed by atoms with Gasteiger partial charge in [-0.15, -0.1) is 0 Å². The number of alkyl halides is 3. The van der Waals surface area contributed by atoms with Crippen molar-refractivity contribution in [3.8, 4) is 5.75 Å². The van der Waals surface area contributed by atoms with Crippen molar-refractivity contribution < 1.29 is 27.5 Å². The van der Waals surface area contributed by atoms with E-state index in [1.165, 1.54) is 18.2 Å². The Morgan fingerprint density at radius 1 is 1.06 bits per heavy atom. The first-order chi connectivity index (χ1) is 14.7. The van der Waals surface area contributed by atoms with Gasteiger partial charge in [0.15, 0.2) is 5.78 Å². The van der Waals surface area contributed by atoms with E-state index in [0.29, 0.717) is 37.2 Å². The van der Waals surface area contributed by atoms with Crippen LogP contribution in [0.4, 0.5) is 18.9 Å². The molecule has 1 N–H and O–H groups in total. The third kappa shape index (κ3) is 5.44. The molecule has 0 aliphatic carbocycles. The average Bonchev–Trinajstić information content (AvgIpc) is 2.78. The molecular weight excluding hydrogens is 409 g/mol. The van der Waals surface area contributed by atoms with Crippen molar-refractivity contribution >= 4 is 17.4 Å². The molecule has 0 radical (unpaired) electrons. The molecule has 5 nitrogen and oxygen atoms in total. The topological polar surface area (TPSA) is 58.6 Å². The highest BCUT2D eigenvalue weighted by atomic mass is 19.4. The normalized spacial score (nSPS) is 16.5. The van der Waals surface area contributed by atoms with Gasteiger partial charge in [-0.3, -0.25) is 14.5 Å². The molecule has 1 unspecified atom stereocenters. The molecular formula is C23H25F3N2O3. The number of likely N-dealkylation sites (tertiary alicyclic amines) is 1. The third-order valence-corrected chi connectivity index (χ3v) is 5.69. The second-order valence-corrected chi connectivity index (χ2v) is 7.61. The predicted molar refractivity (Wildman–Crippen MR) is 111 cm³/mol. The molecule has 166 valence electrons. The highest BCUT2D eigenvalue weighted by Gasteiger charge is 2.35. The van der Waals surface area contributed by atoms with E-state index in [1.54, 1.807) is 38.3 Å². The maximum atomic E-state index is 13.2. The number of benzene rings is 2. The first-order valence-corrected chi connectivity index (χ1v) is 10.1. The monoisotopic (exact) mass is 434 g/mol. The van der Waals surface area contributed by atoms with Crippen LogP contribution in [-0.4, -0.2) is 42.8 Å². The number of hydrogen-bond donors (Lipinski definition) is 1. The van der Waals surface area contributed by atoms with Crippen LogP contribution in [0.25, 0.3) is 0 Å². The zero-order chi connectivity index (χ0) is 22.6. The van der Waals surface area contributed by atoms with Crippen LogP contribution < -0.4 is 10.1 Å². The van der Waals surface area contributed by atoms with Crippen LogP contribution in [0, 0.1) is 5.92 Å². The summed E-state index contributed by atoms with van der Waals surface area (Å²) in [6.07, 6.45) is -3.38. The first-order valence-electron chi connectivity index (χ1n) is 10.1. The fraction of sp³-hybridized carbons (Fsp3) is 0.391. The van der Waals surface area contributed by atoms with Gasteiger partial charge in [0, 0.05) is 11.5 Å². The van der Waals surface area contributed by atoms with Gasteiger partial charge in [-0.05, 0) is 69.3 Å². The smallest absolute Gasteiger partial charge is 0.418 e. The number of amides is 1. The fourth-order valence-electron chi connectivity index (χ4n) is 3.78. The predicted octanol–water partition coefficient (Wildman–Crippen LogP) is 4.64. The van der Waals surface area contributed by atoms with E-state index in [2.05, 4.69) is 5.32 Å². The Bertz CT molecular complexity index is 920. The van der Waals surface area contributed by atoms with E-state index in [1.807, 2.05) is 4.90 Å². The quantitative estimate of drug-likeness (QED) is 0.674. The lowest BCUT2D eigenvalue weighted by atomic mass is 9.88. The molecule has 0 saturated carbocycles. The van der Waals surface area contributed by atoms with E-state index in [9.17, 15) is 22.8 Å². The van der Waals surface area contributed by atoms with Gasteiger partial charge in [0.1, 0.15) is 5.75 Å². The van der Waals surface area contributed by atoms with Crippen LogP contribution in [0.5, 0.6) is 5.75 Å². The van der Waals surface area contributed by atoms with Crippen molar-refractivity contribution in [1.82, 2.24) is 4.90 Å². The lowest BCUT2D eigenvalue weighted by Gasteiger charge is -2.35. The Balaban J connectivity index is 1.58. The maximum absolute atomic E-state index is 13.2. The average molecular weight is 434 g/mol. The molecule has 31 heavy (non-hydrogen) atoms. The van der Waals surface area contributed by atoms with Gasteiger partial charge < -0.3 is 10.1 Å². The molecule has 2 aromatic carbocycles. The molecule has 1 amide bonds. The minimum atomic E-state index is -4.55. The van der Waals surface area contributed by atoms with Gasteiger partial charge in [-0.2, -0.15) is 13.2 Å². The summed E-state index contributed by atoms with van der Waals surface area (Å²) in [5.41, 5.74) is -0.510. The Hall–Kier alpha value is -2.87. The molecule has 1 heterocycles. The fourth-order valence-corrected chi connectivity index (χ4v) is 3.78. The van der Waals surface area contributed by atoms with E-state index in [4.69, 9.17) is 4.74 Å². The van der Waals surface area contributed by atoms with Gasteiger partial charge in [-0.1, -0.05) is 12.1 Å². The summed E-state index contributed by atoms with van der Waals surface area (Å²) in [4.78, 5) is 27.2. The number of carbonyl (C=O) groups is 2. The summed E-state index contributed by atoms with van der Waals surface area (Å²) in [5, 5.41) is 2.41. The van der Waals surface area contributed by atoms with Crippen molar-refractivity contribution in [3.05, 3.63) is 59.7 Å². The van der Waals surface area contributed by atoms with Crippen LogP contribution >= 0.6 is 0 Å². The lowest BCUT2D eigenvalue weighted by Crippen LogP contribution is -2.47. The van der Waals surface area contributed by atoms with Crippen LogP contribution in [0.1, 0.15) is 35.7 Å². The first kappa shape index (κ1) is 22.8. The highest BCUT2D eigenvalue weighted by molar-refractivity contribution is 5.98. The molecule has 0 spiro atoms. The van der Waals surface area contributed by atoms with E-state index in [-0.39, 0.29) is 17.4 Å². The number of anilines is 1. The van der Waals surface area contributed by atoms with Crippen LogP contribution in [-0.2, 0) is 11.0 Å². The van der Waals surface area contributed by atoms with Gasteiger partial charge in [0.2, 0.25) is 5.91 Å². The standard InChI is InChI=1S/C23H25F3N2O3/c1-15(22(30)27-20-6-4-3-5-19(20)23(24,25)26)28-13-11-17(12-14-28)21(29)16-7-9-18(31-2)10-8-16/h3-10,15,17H,11-14H2,1-2H3,(H,27,30). The summed E-state index contributed by atoms with van der Waals surface area (Å²) in [6.45, 7) is 2.70. The highest BCUT2D eigenvalue weighted by Crippen LogP contribution is 2.34. The molecule has 2 aromatic rings. The molecule has 1 fully saturated rings. The second-order valence-electron chi connectivity index (χ2n) is 7.61. The largest absolute Gasteiger partial charge is 0.497 e. The SMILES string of the molecule is COc1ccc(C(=O)C2CCN(C(C)C(=O)Nc3ccccc3C(F)(F)F)CC2)cc1. The molecule has 0 aromatic heterocycles. The van der Waals surface area contributed by atoms with E-state index < -0.39 is 23.7 Å².